The number of hydrogen-bond acceptors (Lipinski definition) is 4. The fraction of sp³-hybridized carbons (Fsp3) is 0.154. The minimum Gasteiger partial charge on any atom is -0.467 e. The van der Waals surface area contributed by atoms with Gasteiger partial charge in [0.2, 0.25) is 0 Å². The monoisotopic (exact) mass is 246 g/mol. The van der Waals surface area contributed by atoms with Gasteiger partial charge in [0, 0.05) is 11.4 Å². The van der Waals surface area contributed by atoms with Crippen molar-refractivity contribution in [1.82, 2.24) is 0 Å². The van der Waals surface area contributed by atoms with Crippen LogP contribution in [0.2, 0.25) is 0 Å². The van der Waals surface area contributed by atoms with E-state index in [9.17, 15) is 4.79 Å². The van der Waals surface area contributed by atoms with E-state index < -0.39 is 6.09 Å². The van der Waals surface area contributed by atoms with Crippen molar-refractivity contribution in [2.24, 2.45) is 0 Å². The first-order valence-electron chi connectivity index (χ1n) is 5.49. The van der Waals surface area contributed by atoms with Crippen molar-refractivity contribution in [3.63, 3.8) is 0 Å². The summed E-state index contributed by atoms with van der Waals surface area (Å²) < 4.78 is 9.74. The van der Waals surface area contributed by atoms with Crippen LogP contribution in [-0.2, 0) is 11.3 Å². The van der Waals surface area contributed by atoms with Crippen molar-refractivity contribution in [3.05, 3.63) is 48.4 Å². The number of methoxy groups -OCH3 is 1. The normalized spacial score (nSPS) is 9.83. The fourth-order valence-corrected chi connectivity index (χ4v) is 1.48. The van der Waals surface area contributed by atoms with Crippen LogP contribution in [0.5, 0.6) is 0 Å². The fourth-order valence-electron chi connectivity index (χ4n) is 1.48. The highest BCUT2D eigenvalue weighted by Gasteiger charge is 2.01. The number of carbonyl (C=O) groups excluding carboxylic acids is 1. The maximum absolute atomic E-state index is 11.1. The molecular weight excluding hydrogens is 232 g/mol. The van der Waals surface area contributed by atoms with E-state index in [4.69, 9.17) is 4.42 Å². The lowest BCUT2D eigenvalue weighted by molar-refractivity contribution is 0.187. The number of nitrogens with one attached hydrogen (secondary N) is 2. The van der Waals surface area contributed by atoms with E-state index >= 15 is 0 Å². The number of hydrogen-bond donors (Lipinski definition) is 2. The number of rotatable bonds is 4. The summed E-state index contributed by atoms with van der Waals surface area (Å²) in [4.78, 5) is 11.1. The number of ether oxygens (including phenoxy) is 1. The van der Waals surface area contributed by atoms with Gasteiger partial charge >= 0.3 is 6.09 Å². The van der Waals surface area contributed by atoms with E-state index in [2.05, 4.69) is 15.4 Å². The van der Waals surface area contributed by atoms with E-state index in [-0.39, 0.29) is 0 Å². The predicted octanol–water partition coefficient (Wildman–Crippen LogP) is 3.07. The van der Waals surface area contributed by atoms with Crippen LogP contribution in [0.3, 0.4) is 0 Å². The molecule has 1 heterocycles. The zero-order valence-electron chi connectivity index (χ0n) is 9.97. The molecule has 5 heteroatoms. The van der Waals surface area contributed by atoms with E-state index in [0.29, 0.717) is 12.2 Å². The molecule has 94 valence electrons. The van der Waals surface area contributed by atoms with Gasteiger partial charge in [-0.05, 0) is 30.3 Å². The molecule has 0 unspecified atom stereocenters. The molecule has 0 aliphatic carbocycles. The molecule has 5 nitrogen and oxygen atoms in total. The Morgan fingerprint density at radius 3 is 2.83 bits per heavy atom. The lowest BCUT2D eigenvalue weighted by Crippen LogP contribution is -2.11. The van der Waals surface area contributed by atoms with Gasteiger partial charge in [-0.25, -0.2) is 4.79 Å². The second kappa shape index (κ2) is 5.77. The molecule has 2 rings (SSSR count). The van der Waals surface area contributed by atoms with Gasteiger partial charge in [0.05, 0.1) is 19.9 Å². The highest BCUT2D eigenvalue weighted by atomic mass is 16.5. The quantitative estimate of drug-likeness (QED) is 0.870. The van der Waals surface area contributed by atoms with E-state index in [0.717, 1.165) is 11.4 Å². The Labute approximate surface area is 105 Å². The average molecular weight is 246 g/mol. The molecule has 0 spiro atoms. The summed E-state index contributed by atoms with van der Waals surface area (Å²) >= 11 is 0. The number of carbonyl (C=O) groups is 1. The third kappa shape index (κ3) is 3.28. The van der Waals surface area contributed by atoms with Gasteiger partial charge in [-0.2, -0.15) is 0 Å². The van der Waals surface area contributed by atoms with Crippen LogP contribution in [0.15, 0.2) is 47.1 Å². The molecule has 1 aromatic heterocycles. The lowest BCUT2D eigenvalue weighted by atomic mass is 10.2. The van der Waals surface area contributed by atoms with Crippen molar-refractivity contribution < 1.29 is 13.9 Å². The molecule has 0 aliphatic heterocycles. The molecular formula is C13H14N2O3. The Morgan fingerprint density at radius 2 is 2.11 bits per heavy atom. The lowest BCUT2D eigenvalue weighted by Gasteiger charge is -2.07. The van der Waals surface area contributed by atoms with Gasteiger partial charge in [0.15, 0.2) is 0 Å². The second-order valence-electron chi connectivity index (χ2n) is 3.63. The largest absolute Gasteiger partial charge is 0.467 e. The Kier molecular flexibility index (Phi) is 3.86. The van der Waals surface area contributed by atoms with Gasteiger partial charge < -0.3 is 14.5 Å². The molecule has 0 aliphatic rings. The molecule has 0 fully saturated rings. The molecule has 1 aromatic carbocycles. The zero-order valence-corrected chi connectivity index (χ0v) is 9.97. The highest BCUT2D eigenvalue weighted by Crippen LogP contribution is 2.16. The van der Waals surface area contributed by atoms with Crippen molar-refractivity contribution in [2.45, 2.75) is 6.54 Å². The third-order valence-electron chi connectivity index (χ3n) is 2.34. The zero-order chi connectivity index (χ0) is 12.8. The minimum atomic E-state index is -0.488. The van der Waals surface area contributed by atoms with Crippen LogP contribution in [0, 0.1) is 0 Å². The first-order valence-corrected chi connectivity index (χ1v) is 5.49. The second-order valence-corrected chi connectivity index (χ2v) is 3.63. The molecule has 2 N–H and O–H groups in total. The van der Waals surface area contributed by atoms with Gasteiger partial charge in [-0.3, -0.25) is 5.32 Å². The smallest absolute Gasteiger partial charge is 0.411 e. The van der Waals surface area contributed by atoms with Gasteiger partial charge in [0.25, 0.3) is 0 Å². The standard InChI is InChI=1S/C13H14N2O3/c1-17-13(16)15-11-5-2-4-10(8-11)14-9-12-6-3-7-18-12/h2-8,14H,9H2,1H3,(H,15,16). The molecule has 2 aromatic rings. The van der Waals surface area contributed by atoms with Crippen LogP contribution >= 0.6 is 0 Å². The summed E-state index contributed by atoms with van der Waals surface area (Å²) in [7, 11) is 1.33. The number of benzene rings is 1. The Balaban J connectivity index is 1.96. The van der Waals surface area contributed by atoms with Crippen LogP contribution in [0.4, 0.5) is 16.2 Å². The maximum Gasteiger partial charge on any atom is 0.411 e. The summed E-state index contributed by atoms with van der Waals surface area (Å²) in [5.74, 6) is 0.848. The van der Waals surface area contributed by atoms with Crippen LogP contribution in [0.1, 0.15) is 5.76 Å². The predicted molar refractivity (Wildman–Crippen MR) is 68.5 cm³/mol. The molecule has 0 radical (unpaired) electrons. The van der Waals surface area contributed by atoms with Gasteiger partial charge in [0.1, 0.15) is 5.76 Å². The van der Waals surface area contributed by atoms with Crippen LogP contribution in [-0.4, -0.2) is 13.2 Å². The third-order valence-corrected chi connectivity index (χ3v) is 2.34. The Morgan fingerprint density at radius 1 is 1.28 bits per heavy atom. The summed E-state index contributed by atoms with van der Waals surface area (Å²) in [6.07, 6.45) is 1.14. The highest BCUT2D eigenvalue weighted by molar-refractivity contribution is 5.85. The molecule has 18 heavy (non-hydrogen) atoms. The number of amides is 1. The molecule has 0 saturated carbocycles. The molecule has 1 amide bonds. The summed E-state index contributed by atoms with van der Waals surface area (Å²) in [5, 5.41) is 5.79. The van der Waals surface area contributed by atoms with Crippen molar-refractivity contribution in [1.29, 1.82) is 0 Å². The summed E-state index contributed by atoms with van der Waals surface area (Å²) in [6, 6.07) is 11.1. The Bertz CT molecular complexity index is 509. The Hall–Kier alpha value is -2.43. The maximum atomic E-state index is 11.1. The van der Waals surface area contributed by atoms with Crippen LogP contribution in [0.25, 0.3) is 0 Å². The minimum absolute atomic E-state index is 0.488. The number of anilines is 2. The van der Waals surface area contributed by atoms with Gasteiger partial charge in [-0.1, -0.05) is 6.07 Å². The van der Waals surface area contributed by atoms with Crippen LogP contribution < -0.4 is 10.6 Å². The average Bonchev–Trinajstić information content (AvgIpc) is 2.90. The van der Waals surface area contributed by atoms with Gasteiger partial charge in [-0.15, -0.1) is 0 Å². The van der Waals surface area contributed by atoms with E-state index in [1.165, 1.54) is 7.11 Å². The topological polar surface area (TPSA) is 63.5 Å². The first-order chi connectivity index (χ1) is 8.78. The van der Waals surface area contributed by atoms with E-state index in [1.807, 2.05) is 30.3 Å². The van der Waals surface area contributed by atoms with Crippen molar-refractivity contribution in [2.75, 3.05) is 17.7 Å². The SMILES string of the molecule is COC(=O)Nc1cccc(NCc2ccco2)c1. The molecule has 0 atom stereocenters. The molecule has 0 saturated heterocycles. The van der Waals surface area contributed by atoms with Crippen molar-refractivity contribution >= 4 is 17.5 Å². The number of furan rings is 1. The summed E-state index contributed by atoms with van der Waals surface area (Å²) in [5.41, 5.74) is 1.56. The van der Waals surface area contributed by atoms with E-state index in [1.54, 1.807) is 12.3 Å². The first kappa shape index (κ1) is 12.0. The molecule has 0 bridgehead atoms. The van der Waals surface area contributed by atoms with Crippen molar-refractivity contribution in [3.8, 4) is 0 Å². The summed E-state index contributed by atoms with van der Waals surface area (Å²) in [6.45, 7) is 0.592.